The van der Waals surface area contributed by atoms with E-state index in [2.05, 4.69) is 0 Å². The molecule has 0 aliphatic rings. The molecule has 1 N–H and O–H groups in total. The molecule has 1 unspecified atom stereocenters. The topological polar surface area (TPSA) is 50.4 Å². The quantitative estimate of drug-likeness (QED) is 0.764. The van der Waals surface area contributed by atoms with Crippen LogP contribution < -0.4 is 5.63 Å². The first kappa shape index (κ1) is 9.99. The summed E-state index contributed by atoms with van der Waals surface area (Å²) < 4.78 is 4.91. The fourth-order valence-corrected chi connectivity index (χ4v) is 1.08. The first-order valence-electron chi connectivity index (χ1n) is 4.49. The molecule has 0 aliphatic carbocycles. The van der Waals surface area contributed by atoms with Crippen LogP contribution in [0.4, 0.5) is 0 Å². The van der Waals surface area contributed by atoms with Gasteiger partial charge < -0.3 is 9.52 Å². The molecular weight excluding hydrogens is 168 g/mol. The van der Waals surface area contributed by atoms with E-state index < -0.39 is 0 Å². The number of rotatable bonds is 4. The molecule has 1 aromatic rings. The van der Waals surface area contributed by atoms with Crippen molar-refractivity contribution in [2.75, 3.05) is 0 Å². The van der Waals surface area contributed by atoms with Crippen molar-refractivity contribution in [3.63, 3.8) is 0 Å². The predicted molar refractivity (Wildman–Crippen MR) is 49.6 cm³/mol. The Balaban J connectivity index is 2.50. The number of aliphatic hydroxyl groups is 1. The van der Waals surface area contributed by atoms with E-state index in [9.17, 15) is 9.90 Å². The summed E-state index contributed by atoms with van der Waals surface area (Å²) >= 11 is 0. The van der Waals surface area contributed by atoms with E-state index in [1.165, 1.54) is 6.07 Å². The van der Waals surface area contributed by atoms with Gasteiger partial charge in [0.1, 0.15) is 5.76 Å². The Morgan fingerprint density at radius 2 is 2.31 bits per heavy atom. The van der Waals surface area contributed by atoms with Crippen molar-refractivity contribution in [2.45, 2.75) is 32.3 Å². The van der Waals surface area contributed by atoms with Gasteiger partial charge >= 0.3 is 5.63 Å². The standard InChI is InChI=1S/C10H14O3/c1-2-8(11)6-7-9-4-3-5-10(12)13-9/h3-5,8,11H,2,6-7H2,1H3. The SMILES string of the molecule is CCC(O)CCc1cccc(=O)o1. The molecule has 1 atom stereocenters. The van der Waals surface area contributed by atoms with Crippen molar-refractivity contribution < 1.29 is 9.52 Å². The minimum absolute atomic E-state index is 0.300. The summed E-state index contributed by atoms with van der Waals surface area (Å²) in [5.41, 5.74) is -0.330. The van der Waals surface area contributed by atoms with Crippen LogP contribution >= 0.6 is 0 Å². The summed E-state index contributed by atoms with van der Waals surface area (Å²) in [6.45, 7) is 1.92. The molecule has 0 aromatic carbocycles. The summed E-state index contributed by atoms with van der Waals surface area (Å²) in [6, 6.07) is 4.79. The fourth-order valence-electron chi connectivity index (χ4n) is 1.08. The second-order valence-corrected chi connectivity index (χ2v) is 3.01. The normalized spacial score (nSPS) is 12.8. The van der Waals surface area contributed by atoms with Crippen LogP contribution in [0.1, 0.15) is 25.5 Å². The maximum absolute atomic E-state index is 10.8. The van der Waals surface area contributed by atoms with Crippen molar-refractivity contribution in [1.29, 1.82) is 0 Å². The maximum atomic E-state index is 10.8. The molecule has 0 saturated heterocycles. The van der Waals surface area contributed by atoms with Gasteiger partial charge in [-0.1, -0.05) is 13.0 Å². The lowest BCUT2D eigenvalue weighted by atomic mass is 10.1. The van der Waals surface area contributed by atoms with Crippen molar-refractivity contribution in [3.8, 4) is 0 Å². The zero-order valence-corrected chi connectivity index (χ0v) is 7.69. The third-order valence-electron chi connectivity index (χ3n) is 1.94. The van der Waals surface area contributed by atoms with Crippen LogP contribution in [0.5, 0.6) is 0 Å². The third kappa shape index (κ3) is 3.42. The highest BCUT2D eigenvalue weighted by atomic mass is 16.4. The summed E-state index contributed by atoms with van der Waals surface area (Å²) in [6.07, 6.45) is 1.69. The van der Waals surface area contributed by atoms with Gasteiger partial charge in [0.2, 0.25) is 0 Å². The van der Waals surface area contributed by atoms with Crippen molar-refractivity contribution in [3.05, 3.63) is 34.4 Å². The van der Waals surface area contributed by atoms with Crippen LogP contribution in [0, 0.1) is 0 Å². The van der Waals surface area contributed by atoms with Gasteiger partial charge in [-0.05, 0) is 18.9 Å². The molecule has 72 valence electrons. The second kappa shape index (κ2) is 4.82. The smallest absolute Gasteiger partial charge is 0.335 e. The van der Waals surface area contributed by atoms with Gasteiger partial charge in [-0.3, -0.25) is 0 Å². The van der Waals surface area contributed by atoms with Crippen molar-refractivity contribution in [1.82, 2.24) is 0 Å². The lowest BCUT2D eigenvalue weighted by molar-refractivity contribution is 0.158. The van der Waals surface area contributed by atoms with Gasteiger partial charge in [0, 0.05) is 12.5 Å². The summed E-state index contributed by atoms with van der Waals surface area (Å²) in [4.78, 5) is 10.8. The molecule has 3 heteroatoms. The summed E-state index contributed by atoms with van der Waals surface area (Å²) in [7, 11) is 0. The van der Waals surface area contributed by atoms with Gasteiger partial charge in [0.25, 0.3) is 0 Å². The molecule has 1 rings (SSSR count). The van der Waals surface area contributed by atoms with Crippen LogP contribution in [0.15, 0.2) is 27.4 Å². The third-order valence-corrected chi connectivity index (χ3v) is 1.94. The van der Waals surface area contributed by atoms with E-state index in [1.54, 1.807) is 12.1 Å². The number of aliphatic hydroxyl groups excluding tert-OH is 1. The van der Waals surface area contributed by atoms with E-state index in [-0.39, 0.29) is 11.7 Å². The first-order valence-corrected chi connectivity index (χ1v) is 4.49. The lowest BCUT2D eigenvalue weighted by Crippen LogP contribution is -2.07. The first-order chi connectivity index (χ1) is 6.22. The average Bonchev–Trinajstić information content (AvgIpc) is 2.14. The maximum Gasteiger partial charge on any atom is 0.335 e. The molecule has 0 spiro atoms. The van der Waals surface area contributed by atoms with Crippen LogP contribution in [0.3, 0.4) is 0 Å². The molecule has 0 aliphatic heterocycles. The molecule has 0 amide bonds. The number of hydrogen-bond acceptors (Lipinski definition) is 3. The van der Waals surface area contributed by atoms with E-state index in [0.717, 1.165) is 6.42 Å². The molecule has 0 fully saturated rings. The minimum atomic E-state index is -0.330. The molecule has 0 saturated carbocycles. The Hall–Kier alpha value is -1.09. The molecule has 13 heavy (non-hydrogen) atoms. The van der Waals surface area contributed by atoms with Gasteiger partial charge in [0.15, 0.2) is 0 Å². The fraction of sp³-hybridized carbons (Fsp3) is 0.500. The Bertz CT molecular complexity index is 303. The van der Waals surface area contributed by atoms with Crippen LogP contribution in [0.25, 0.3) is 0 Å². The second-order valence-electron chi connectivity index (χ2n) is 3.01. The monoisotopic (exact) mass is 182 g/mol. The highest BCUT2D eigenvalue weighted by molar-refractivity contribution is 4.99. The van der Waals surface area contributed by atoms with E-state index in [1.807, 2.05) is 6.92 Å². The van der Waals surface area contributed by atoms with Crippen LogP contribution in [0.2, 0.25) is 0 Å². The molecule has 1 aromatic heterocycles. The molecule has 0 radical (unpaired) electrons. The zero-order valence-electron chi connectivity index (χ0n) is 7.69. The lowest BCUT2D eigenvalue weighted by Gasteiger charge is -2.05. The van der Waals surface area contributed by atoms with Gasteiger partial charge in [-0.15, -0.1) is 0 Å². The average molecular weight is 182 g/mol. The minimum Gasteiger partial charge on any atom is -0.428 e. The highest BCUT2D eigenvalue weighted by Gasteiger charge is 2.02. The molecule has 3 nitrogen and oxygen atoms in total. The van der Waals surface area contributed by atoms with E-state index in [4.69, 9.17) is 4.42 Å². The zero-order chi connectivity index (χ0) is 9.68. The van der Waals surface area contributed by atoms with Gasteiger partial charge in [-0.25, -0.2) is 4.79 Å². The van der Waals surface area contributed by atoms with E-state index in [0.29, 0.717) is 18.6 Å². The van der Waals surface area contributed by atoms with Crippen LogP contribution in [-0.4, -0.2) is 11.2 Å². The Labute approximate surface area is 77.0 Å². The largest absolute Gasteiger partial charge is 0.428 e. The summed E-state index contributed by atoms with van der Waals surface area (Å²) in [5.74, 6) is 0.639. The van der Waals surface area contributed by atoms with Crippen molar-refractivity contribution in [2.24, 2.45) is 0 Å². The molecule has 0 bridgehead atoms. The van der Waals surface area contributed by atoms with Gasteiger partial charge in [0.05, 0.1) is 6.10 Å². The Morgan fingerprint density at radius 3 is 2.92 bits per heavy atom. The Kier molecular flexibility index (Phi) is 3.71. The van der Waals surface area contributed by atoms with E-state index >= 15 is 0 Å². The molecule has 1 heterocycles. The number of aryl methyl sites for hydroxylation is 1. The van der Waals surface area contributed by atoms with Crippen LogP contribution in [-0.2, 0) is 6.42 Å². The number of hydrogen-bond donors (Lipinski definition) is 1. The highest BCUT2D eigenvalue weighted by Crippen LogP contribution is 2.04. The summed E-state index contributed by atoms with van der Waals surface area (Å²) in [5, 5.41) is 9.27. The van der Waals surface area contributed by atoms with Crippen molar-refractivity contribution >= 4 is 0 Å². The Morgan fingerprint density at radius 1 is 1.54 bits per heavy atom. The predicted octanol–water partition coefficient (Wildman–Crippen LogP) is 1.34. The molecular formula is C10H14O3. The van der Waals surface area contributed by atoms with Gasteiger partial charge in [-0.2, -0.15) is 0 Å².